The highest BCUT2D eigenvalue weighted by molar-refractivity contribution is 8.01. The molecule has 178 valence electrons. The van der Waals surface area contributed by atoms with E-state index in [1.165, 1.54) is 23.9 Å². The van der Waals surface area contributed by atoms with Gasteiger partial charge >= 0.3 is 18.4 Å². The van der Waals surface area contributed by atoms with Crippen LogP contribution in [-0.2, 0) is 17.6 Å². The summed E-state index contributed by atoms with van der Waals surface area (Å²) in [6.07, 6.45) is -3.47. The highest BCUT2D eigenvalue weighted by atomic mass is 32.2. The summed E-state index contributed by atoms with van der Waals surface area (Å²) in [5.74, 6) is -1.25. The van der Waals surface area contributed by atoms with Crippen molar-refractivity contribution in [2.24, 2.45) is 0 Å². The first-order chi connectivity index (χ1) is 15.4. The third-order valence-corrected chi connectivity index (χ3v) is 6.53. The molecule has 0 saturated carbocycles. The number of alkyl halides is 3. The lowest BCUT2D eigenvalue weighted by Crippen LogP contribution is -2.43. The summed E-state index contributed by atoms with van der Waals surface area (Å²) < 4.78 is 39.8. The fourth-order valence-electron chi connectivity index (χ4n) is 3.70. The number of carboxylic acid groups (broad SMARTS) is 1. The summed E-state index contributed by atoms with van der Waals surface area (Å²) in [7, 11) is 0. The number of thioether (sulfide) groups is 1. The molecule has 0 bridgehead atoms. The Hall–Kier alpha value is -2.88. The molecule has 3 rings (SSSR count). The molecule has 6 nitrogen and oxygen atoms in total. The molecule has 1 atom stereocenters. The maximum atomic E-state index is 12.9. The number of anilines is 1. The first kappa shape index (κ1) is 24.8. The Kier molecular flexibility index (Phi) is 7.16. The van der Waals surface area contributed by atoms with E-state index in [0.717, 1.165) is 28.2 Å². The first-order valence-corrected chi connectivity index (χ1v) is 11.2. The van der Waals surface area contributed by atoms with Crippen LogP contribution in [0.5, 0.6) is 5.75 Å². The molecular weight excluding hydrogens is 457 g/mol. The van der Waals surface area contributed by atoms with Gasteiger partial charge in [0.05, 0.1) is 0 Å². The van der Waals surface area contributed by atoms with E-state index in [9.17, 15) is 27.9 Å². The monoisotopic (exact) mass is 482 g/mol. The summed E-state index contributed by atoms with van der Waals surface area (Å²) in [6.45, 7) is 5.62. The molecule has 2 aromatic carbocycles. The van der Waals surface area contributed by atoms with E-state index in [-0.39, 0.29) is 17.8 Å². The zero-order valence-electron chi connectivity index (χ0n) is 18.4. The Morgan fingerprint density at radius 1 is 1.12 bits per heavy atom. The van der Waals surface area contributed by atoms with Gasteiger partial charge in [0, 0.05) is 23.2 Å². The number of carboxylic acids is 1. The van der Waals surface area contributed by atoms with Crippen LogP contribution in [0.15, 0.2) is 47.4 Å². The number of carbonyl (C=O) groups excluding carboxylic acids is 1. The lowest BCUT2D eigenvalue weighted by Gasteiger charge is -2.28. The van der Waals surface area contributed by atoms with E-state index in [2.05, 4.69) is 10.1 Å². The molecule has 1 aliphatic rings. The van der Waals surface area contributed by atoms with Gasteiger partial charge in [-0.25, -0.2) is 4.79 Å². The maximum Gasteiger partial charge on any atom is 0.573 e. The first-order valence-electron chi connectivity index (χ1n) is 10.4. The van der Waals surface area contributed by atoms with Gasteiger partial charge in [-0.05, 0) is 81.1 Å². The van der Waals surface area contributed by atoms with Crippen molar-refractivity contribution in [2.75, 3.05) is 11.9 Å². The summed E-state index contributed by atoms with van der Waals surface area (Å²) in [5, 5.41) is 12.1. The number of amides is 2. The SMILES string of the molecule is CCN(C(=O)Nc1ccc(OC(F)(F)F)cc1)[C@@H]1Cc2ccc(SC(C)(C)C(=O)O)cc2C1. The van der Waals surface area contributed by atoms with Crippen LogP contribution < -0.4 is 10.1 Å². The van der Waals surface area contributed by atoms with E-state index in [1.54, 1.807) is 18.7 Å². The minimum Gasteiger partial charge on any atom is -0.480 e. The van der Waals surface area contributed by atoms with E-state index in [4.69, 9.17) is 0 Å². The van der Waals surface area contributed by atoms with Crippen LogP contribution in [0, 0.1) is 0 Å². The summed E-state index contributed by atoms with van der Waals surface area (Å²) in [5.41, 5.74) is 2.54. The molecule has 2 aromatic rings. The second-order valence-electron chi connectivity index (χ2n) is 8.20. The van der Waals surface area contributed by atoms with Crippen LogP contribution in [0.3, 0.4) is 0 Å². The number of rotatable bonds is 7. The number of nitrogens with zero attached hydrogens (tertiary/aromatic N) is 1. The Bertz CT molecular complexity index is 1030. The van der Waals surface area contributed by atoms with Crippen LogP contribution in [0.2, 0.25) is 0 Å². The Morgan fingerprint density at radius 3 is 2.33 bits per heavy atom. The highest BCUT2D eigenvalue weighted by Gasteiger charge is 2.32. The van der Waals surface area contributed by atoms with Gasteiger partial charge in [-0.2, -0.15) is 0 Å². The number of hydrogen-bond acceptors (Lipinski definition) is 4. The van der Waals surface area contributed by atoms with E-state index >= 15 is 0 Å². The average molecular weight is 483 g/mol. The molecule has 1 aliphatic carbocycles. The molecule has 0 aliphatic heterocycles. The van der Waals surface area contributed by atoms with Gasteiger partial charge in [0.1, 0.15) is 10.5 Å². The standard InChI is InChI=1S/C23H25F3N2O4S/c1-4-28(21(31)27-16-6-8-18(9-7-16)32-23(24,25)26)17-11-14-5-10-19(13-15(14)12-17)33-22(2,3)20(29)30/h5-10,13,17H,4,11-12H2,1-3H3,(H,27,31)(H,29,30)/t17-/m1/s1. The molecule has 2 N–H and O–H groups in total. The van der Waals surface area contributed by atoms with Crippen molar-refractivity contribution in [3.63, 3.8) is 0 Å². The van der Waals surface area contributed by atoms with Crippen molar-refractivity contribution in [3.05, 3.63) is 53.6 Å². The molecule has 33 heavy (non-hydrogen) atoms. The largest absolute Gasteiger partial charge is 0.573 e. The Balaban J connectivity index is 1.65. The molecule has 0 unspecified atom stereocenters. The highest BCUT2D eigenvalue weighted by Crippen LogP contribution is 2.36. The predicted octanol–water partition coefficient (Wildman–Crippen LogP) is 5.56. The van der Waals surface area contributed by atoms with Crippen LogP contribution in [0.1, 0.15) is 31.9 Å². The van der Waals surface area contributed by atoms with Crippen molar-refractivity contribution >= 4 is 29.4 Å². The van der Waals surface area contributed by atoms with Crippen LogP contribution in [0.25, 0.3) is 0 Å². The van der Waals surface area contributed by atoms with Crippen molar-refractivity contribution in [1.29, 1.82) is 0 Å². The van der Waals surface area contributed by atoms with E-state index in [1.807, 2.05) is 25.1 Å². The van der Waals surface area contributed by atoms with E-state index < -0.39 is 17.1 Å². The molecule has 0 saturated heterocycles. The normalized spacial score (nSPS) is 15.6. The number of halogens is 3. The number of likely N-dealkylation sites (N-methyl/N-ethyl adjacent to an activating group) is 1. The molecule has 0 spiro atoms. The zero-order valence-corrected chi connectivity index (χ0v) is 19.2. The van der Waals surface area contributed by atoms with Gasteiger partial charge in [0.2, 0.25) is 0 Å². The van der Waals surface area contributed by atoms with Crippen LogP contribution >= 0.6 is 11.8 Å². The van der Waals surface area contributed by atoms with Crippen molar-refractivity contribution in [2.45, 2.75) is 55.7 Å². The maximum absolute atomic E-state index is 12.9. The zero-order chi connectivity index (χ0) is 24.4. The Labute approximate surface area is 194 Å². The van der Waals surface area contributed by atoms with Crippen molar-refractivity contribution < 1.29 is 32.6 Å². The second kappa shape index (κ2) is 9.54. The topological polar surface area (TPSA) is 78.9 Å². The van der Waals surface area contributed by atoms with Gasteiger partial charge in [0.25, 0.3) is 0 Å². The third-order valence-electron chi connectivity index (χ3n) is 5.36. The van der Waals surface area contributed by atoms with Crippen molar-refractivity contribution in [3.8, 4) is 5.75 Å². The number of fused-ring (bicyclic) bond motifs is 1. The third kappa shape index (κ3) is 6.34. The summed E-state index contributed by atoms with van der Waals surface area (Å²) in [6, 6.07) is 10.4. The van der Waals surface area contributed by atoms with Gasteiger partial charge in [-0.1, -0.05) is 6.07 Å². The van der Waals surface area contributed by atoms with Gasteiger partial charge in [-0.15, -0.1) is 24.9 Å². The van der Waals surface area contributed by atoms with Gasteiger partial charge < -0.3 is 20.1 Å². The fraction of sp³-hybridized carbons (Fsp3) is 0.391. The number of hydrogen-bond donors (Lipinski definition) is 2. The number of ether oxygens (including phenoxy) is 1. The molecule has 0 heterocycles. The van der Waals surface area contributed by atoms with Gasteiger partial charge in [-0.3, -0.25) is 4.79 Å². The molecular formula is C23H25F3N2O4S. The van der Waals surface area contributed by atoms with Crippen LogP contribution in [0.4, 0.5) is 23.7 Å². The summed E-state index contributed by atoms with van der Waals surface area (Å²) >= 11 is 1.27. The quantitative estimate of drug-likeness (QED) is 0.505. The van der Waals surface area contributed by atoms with Crippen molar-refractivity contribution in [1.82, 2.24) is 4.90 Å². The number of urea groups is 1. The predicted molar refractivity (Wildman–Crippen MR) is 120 cm³/mol. The average Bonchev–Trinajstić information content (AvgIpc) is 3.11. The lowest BCUT2D eigenvalue weighted by atomic mass is 10.1. The summed E-state index contributed by atoms with van der Waals surface area (Å²) in [4.78, 5) is 26.8. The van der Waals surface area contributed by atoms with Gasteiger partial charge in [0.15, 0.2) is 0 Å². The Morgan fingerprint density at radius 2 is 1.76 bits per heavy atom. The molecule has 0 fully saturated rings. The number of nitrogens with one attached hydrogen (secondary N) is 1. The van der Waals surface area contributed by atoms with E-state index in [0.29, 0.717) is 25.1 Å². The number of carbonyl (C=O) groups is 2. The minimum absolute atomic E-state index is 0.0782. The molecule has 2 amide bonds. The molecule has 0 aromatic heterocycles. The lowest BCUT2D eigenvalue weighted by molar-refractivity contribution is -0.274. The fourth-order valence-corrected chi connectivity index (χ4v) is 4.71. The second-order valence-corrected chi connectivity index (χ2v) is 9.89. The minimum atomic E-state index is -4.77. The smallest absolute Gasteiger partial charge is 0.480 e. The molecule has 10 heteroatoms. The van der Waals surface area contributed by atoms with Crippen LogP contribution in [-0.4, -0.2) is 45.7 Å². The number of aliphatic carboxylic acids is 1. The number of benzene rings is 2. The molecule has 0 radical (unpaired) electrons.